The van der Waals surface area contributed by atoms with Gasteiger partial charge < -0.3 is 14.3 Å². The first kappa shape index (κ1) is 10.4. The maximum atomic E-state index is 10.5. The quantitative estimate of drug-likeness (QED) is 0.491. The highest BCUT2D eigenvalue weighted by Gasteiger charge is 2.34. The van der Waals surface area contributed by atoms with E-state index in [4.69, 9.17) is 9.47 Å². The standard InChI is InChI=1S/C10H16O3/c1-3-4-10(7-9(2)8-11)12-5-6-13-10/h3-4,8-9H,5-7H2,1-2H3/b4-3+. The molecule has 3 nitrogen and oxygen atoms in total. The summed E-state index contributed by atoms with van der Waals surface area (Å²) >= 11 is 0. The van der Waals surface area contributed by atoms with Gasteiger partial charge in [-0.3, -0.25) is 0 Å². The van der Waals surface area contributed by atoms with Gasteiger partial charge in [0, 0.05) is 12.3 Å². The van der Waals surface area contributed by atoms with E-state index in [9.17, 15) is 4.79 Å². The highest BCUT2D eigenvalue weighted by atomic mass is 16.7. The average Bonchev–Trinajstić information content (AvgIpc) is 2.54. The van der Waals surface area contributed by atoms with E-state index in [0.29, 0.717) is 19.6 Å². The van der Waals surface area contributed by atoms with Crippen LogP contribution in [0.4, 0.5) is 0 Å². The molecule has 13 heavy (non-hydrogen) atoms. The molecule has 1 heterocycles. The summed E-state index contributed by atoms with van der Waals surface area (Å²) in [5, 5.41) is 0. The topological polar surface area (TPSA) is 35.5 Å². The van der Waals surface area contributed by atoms with Crippen molar-refractivity contribution in [3.63, 3.8) is 0 Å². The molecule has 0 aromatic heterocycles. The van der Waals surface area contributed by atoms with Crippen molar-refractivity contribution in [2.45, 2.75) is 26.1 Å². The van der Waals surface area contributed by atoms with E-state index < -0.39 is 5.79 Å². The van der Waals surface area contributed by atoms with Crippen molar-refractivity contribution in [3.05, 3.63) is 12.2 Å². The minimum atomic E-state index is -0.644. The molecule has 0 aromatic carbocycles. The third-order valence-corrected chi connectivity index (χ3v) is 2.04. The van der Waals surface area contributed by atoms with Gasteiger partial charge in [-0.15, -0.1) is 0 Å². The van der Waals surface area contributed by atoms with Crippen molar-refractivity contribution in [1.82, 2.24) is 0 Å². The minimum absolute atomic E-state index is 0.0331. The van der Waals surface area contributed by atoms with E-state index in [1.165, 1.54) is 0 Å². The van der Waals surface area contributed by atoms with E-state index in [1.54, 1.807) is 0 Å². The summed E-state index contributed by atoms with van der Waals surface area (Å²) in [7, 11) is 0. The molecule has 1 rings (SSSR count). The van der Waals surface area contributed by atoms with Crippen LogP contribution in [0.15, 0.2) is 12.2 Å². The number of allylic oxidation sites excluding steroid dienone is 1. The number of carbonyl (C=O) groups is 1. The largest absolute Gasteiger partial charge is 0.344 e. The van der Waals surface area contributed by atoms with Gasteiger partial charge >= 0.3 is 0 Å². The van der Waals surface area contributed by atoms with E-state index >= 15 is 0 Å². The van der Waals surface area contributed by atoms with Crippen LogP contribution in [-0.2, 0) is 14.3 Å². The molecule has 0 amide bonds. The summed E-state index contributed by atoms with van der Waals surface area (Å²) in [5.41, 5.74) is 0. The monoisotopic (exact) mass is 184 g/mol. The van der Waals surface area contributed by atoms with Crippen LogP contribution >= 0.6 is 0 Å². The molecule has 1 aliphatic heterocycles. The van der Waals surface area contributed by atoms with Crippen LogP contribution in [0, 0.1) is 5.92 Å². The number of aldehydes is 1. The highest BCUT2D eigenvalue weighted by molar-refractivity contribution is 5.53. The zero-order valence-electron chi connectivity index (χ0n) is 8.16. The van der Waals surface area contributed by atoms with Crippen molar-refractivity contribution in [2.24, 2.45) is 5.92 Å². The molecule has 0 aromatic rings. The Labute approximate surface area is 78.7 Å². The Hall–Kier alpha value is -0.670. The zero-order valence-corrected chi connectivity index (χ0v) is 8.16. The van der Waals surface area contributed by atoms with Gasteiger partial charge in [-0.25, -0.2) is 0 Å². The number of ether oxygens (including phenoxy) is 2. The molecule has 1 unspecified atom stereocenters. The van der Waals surface area contributed by atoms with Gasteiger partial charge in [0.2, 0.25) is 0 Å². The Kier molecular flexibility index (Phi) is 3.63. The normalized spacial score (nSPS) is 23.5. The van der Waals surface area contributed by atoms with Gasteiger partial charge in [0.1, 0.15) is 6.29 Å². The molecule has 1 fully saturated rings. The van der Waals surface area contributed by atoms with Crippen LogP contribution in [0.3, 0.4) is 0 Å². The Morgan fingerprint density at radius 1 is 1.46 bits per heavy atom. The smallest absolute Gasteiger partial charge is 0.188 e. The molecule has 0 saturated carbocycles. The molecule has 3 heteroatoms. The molecular formula is C10H16O3. The fraction of sp³-hybridized carbons (Fsp3) is 0.700. The van der Waals surface area contributed by atoms with E-state index in [1.807, 2.05) is 26.0 Å². The molecule has 74 valence electrons. The van der Waals surface area contributed by atoms with Gasteiger partial charge in [-0.2, -0.15) is 0 Å². The van der Waals surface area contributed by atoms with Crippen LogP contribution < -0.4 is 0 Å². The fourth-order valence-electron chi connectivity index (χ4n) is 1.50. The number of rotatable bonds is 4. The van der Waals surface area contributed by atoms with Crippen molar-refractivity contribution in [3.8, 4) is 0 Å². The van der Waals surface area contributed by atoms with Crippen LogP contribution in [0.1, 0.15) is 20.3 Å². The van der Waals surface area contributed by atoms with Crippen LogP contribution in [0.25, 0.3) is 0 Å². The Morgan fingerprint density at radius 3 is 2.54 bits per heavy atom. The first-order chi connectivity index (χ1) is 6.22. The summed E-state index contributed by atoms with van der Waals surface area (Å²) in [6.07, 6.45) is 5.29. The van der Waals surface area contributed by atoms with Crippen LogP contribution in [-0.4, -0.2) is 25.3 Å². The summed E-state index contributed by atoms with van der Waals surface area (Å²) in [4.78, 5) is 10.5. The molecule has 1 saturated heterocycles. The molecule has 0 bridgehead atoms. The summed E-state index contributed by atoms with van der Waals surface area (Å²) in [6.45, 7) is 4.99. The van der Waals surface area contributed by atoms with Gasteiger partial charge in [0.15, 0.2) is 5.79 Å². The molecule has 0 aliphatic carbocycles. The summed E-state index contributed by atoms with van der Waals surface area (Å²) in [5.74, 6) is -0.677. The van der Waals surface area contributed by atoms with E-state index in [0.717, 1.165) is 6.29 Å². The third-order valence-electron chi connectivity index (χ3n) is 2.04. The van der Waals surface area contributed by atoms with E-state index in [-0.39, 0.29) is 5.92 Å². The Balaban J connectivity index is 2.61. The molecule has 0 spiro atoms. The lowest BCUT2D eigenvalue weighted by Gasteiger charge is -2.24. The first-order valence-electron chi connectivity index (χ1n) is 4.59. The SMILES string of the molecule is C/C=C/C1(CC(C)C=O)OCCO1. The van der Waals surface area contributed by atoms with Gasteiger partial charge in [-0.1, -0.05) is 13.0 Å². The maximum absolute atomic E-state index is 10.5. The fourth-order valence-corrected chi connectivity index (χ4v) is 1.50. The number of hydrogen-bond donors (Lipinski definition) is 0. The molecular weight excluding hydrogens is 168 g/mol. The minimum Gasteiger partial charge on any atom is -0.344 e. The summed E-state index contributed by atoms with van der Waals surface area (Å²) < 4.78 is 11.0. The molecule has 1 atom stereocenters. The van der Waals surface area contributed by atoms with Crippen molar-refractivity contribution >= 4 is 6.29 Å². The number of carbonyl (C=O) groups excluding carboxylic acids is 1. The lowest BCUT2D eigenvalue weighted by atomic mass is 10.0. The van der Waals surface area contributed by atoms with Gasteiger partial charge in [-0.05, 0) is 13.0 Å². The maximum Gasteiger partial charge on any atom is 0.188 e. The lowest BCUT2D eigenvalue weighted by molar-refractivity contribution is -0.136. The number of hydrogen-bond acceptors (Lipinski definition) is 3. The average molecular weight is 184 g/mol. The Morgan fingerprint density at radius 2 is 2.08 bits per heavy atom. The van der Waals surface area contributed by atoms with Crippen LogP contribution in [0.5, 0.6) is 0 Å². The third kappa shape index (κ3) is 2.64. The van der Waals surface area contributed by atoms with Crippen molar-refractivity contribution < 1.29 is 14.3 Å². The molecule has 1 aliphatic rings. The van der Waals surface area contributed by atoms with E-state index in [2.05, 4.69) is 0 Å². The van der Waals surface area contributed by atoms with Gasteiger partial charge in [0.25, 0.3) is 0 Å². The summed E-state index contributed by atoms with van der Waals surface area (Å²) in [6, 6.07) is 0. The lowest BCUT2D eigenvalue weighted by Crippen LogP contribution is -2.30. The first-order valence-corrected chi connectivity index (χ1v) is 4.59. The molecule has 0 N–H and O–H groups in total. The van der Waals surface area contributed by atoms with Crippen molar-refractivity contribution in [2.75, 3.05) is 13.2 Å². The second-order valence-corrected chi connectivity index (χ2v) is 3.33. The zero-order chi connectivity index (χ0) is 9.73. The predicted molar refractivity (Wildman–Crippen MR) is 49.3 cm³/mol. The van der Waals surface area contributed by atoms with Crippen LogP contribution in [0.2, 0.25) is 0 Å². The second-order valence-electron chi connectivity index (χ2n) is 3.33. The van der Waals surface area contributed by atoms with Crippen molar-refractivity contribution in [1.29, 1.82) is 0 Å². The highest BCUT2D eigenvalue weighted by Crippen LogP contribution is 2.28. The second kappa shape index (κ2) is 4.53. The Bertz CT molecular complexity index is 192. The van der Waals surface area contributed by atoms with Gasteiger partial charge in [0.05, 0.1) is 13.2 Å². The predicted octanol–water partition coefficient (Wildman–Crippen LogP) is 1.53. The molecule has 0 radical (unpaired) electrons.